The molecule has 2 N–H and O–H groups in total. The monoisotopic (exact) mass is 167 g/mol. The quantitative estimate of drug-likeness (QED) is 0.629. The van der Waals surface area contributed by atoms with Gasteiger partial charge in [-0.1, -0.05) is 18.6 Å². The van der Waals surface area contributed by atoms with E-state index in [0.717, 1.165) is 12.3 Å². The highest BCUT2D eigenvalue weighted by Gasteiger charge is 2.32. The fourth-order valence-electron chi connectivity index (χ4n) is 2.02. The van der Waals surface area contributed by atoms with Crippen molar-refractivity contribution in [3.63, 3.8) is 0 Å². The Hall–Kier alpha value is -0.300. The van der Waals surface area contributed by atoms with Gasteiger partial charge in [0.25, 0.3) is 0 Å². The van der Waals surface area contributed by atoms with Gasteiger partial charge in [0, 0.05) is 5.54 Å². The molecule has 0 radical (unpaired) electrons. The van der Waals surface area contributed by atoms with Crippen LogP contribution < -0.4 is 5.73 Å². The van der Waals surface area contributed by atoms with Crippen molar-refractivity contribution < 1.29 is 0 Å². The van der Waals surface area contributed by atoms with Crippen LogP contribution in [0.5, 0.6) is 0 Å². The molecule has 1 saturated carbocycles. The minimum absolute atomic E-state index is 0.122. The summed E-state index contributed by atoms with van der Waals surface area (Å²) in [6, 6.07) is 0. The Bertz CT molecular complexity index is 179. The van der Waals surface area contributed by atoms with Crippen molar-refractivity contribution in [1.82, 2.24) is 0 Å². The minimum atomic E-state index is 0.122. The maximum absolute atomic E-state index is 6.25. The normalized spacial score (nSPS) is 35.2. The second kappa shape index (κ2) is 3.61. The SMILES string of the molecule is CC(C)=CCC1(N)CCC(C)C1. The Morgan fingerprint density at radius 2 is 2.25 bits per heavy atom. The summed E-state index contributed by atoms with van der Waals surface area (Å²) in [5.41, 5.74) is 7.76. The molecule has 0 aromatic heterocycles. The zero-order chi connectivity index (χ0) is 9.19. The van der Waals surface area contributed by atoms with Crippen LogP contribution in [-0.2, 0) is 0 Å². The molecule has 0 spiro atoms. The van der Waals surface area contributed by atoms with E-state index in [0.29, 0.717) is 0 Å². The van der Waals surface area contributed by atoms with E-state index in [4.69, 9.17) is 5.73 Å². The molecule has 0 aromatic carbocycles. The zero-order valence-electron chi connectivity index (χ0n) is 8.56. The third-order valence-corrected chi connectivity index (χ3v) is 2.81. The van der Waals surface area contributed by atoms with Gasteiger partial charge in [0.1, 0.15) is 0 Å². The molecule has 1 fully saturated rings. The molecule has 0 amide bonds. The Balaban J connectivity index is 2.45. The molecule has 1 aliphatic rings. The van der Waals surface area contributed by atoms with Crippen LogP contribution in [0.15, 0.2) is 11.6 Å². The molecule has 2 unspecified atom stereocenters. The van der Waals surface area contributed by atoms with E-state index in [-0.39, 0.29) is 5.54 Å². The maximum atomic E-state index is 6.25. The summed E-state index contributed by atoms with van der Waals surface area (Å²) in [7, 11) is 0. The lowest BCUT2D eigenvalue weighted by Gasteiger charge is -2.22. The van der Waals surface area contributed by atoms with Crippen LogP contribution in [0.2, 0.25) is 0 Å². The standard InChI is InChI=1S/C11H21N/c1-9(2)4-6-11(12)7-5-10(3)8-11/h4,10H,5-8,12H2,1-3H3. The summed E-state index contributed by atoms with van der Waals surface area (Å²) in [5.74, 6) is 0.834. The summed E-state index contributed by atoms with van der Waals surface area (Å²) in [6.45, 7) is 6.58. The summed E-state index contributed by atoms with van der Waals surface area (Å²) >= 11 is 0. The summed E-state index contributed by atoms with van der Waals surface area (Å²) in [6.07, 6.45) is 7.07. The molecular formula is C11H21N. The van der Waals surface area contributed by atoms with E-state index in [9.17, 15) is 0 Å². The molecule has 1 heteroatoms. The van der Waals surface area contributed by atoms with E-state index in [1.54, 1.807) is 0 Å². The van der Waals surface area contributed by atoms with Crippen LogP contribution in [-0.4, -0.2) is 5.54 Å². The topological polar surface area (TPSA) is 26.0 Å². The Kier molecular flexibility index (Phi) is 2.94. The van der Waals surface area contributed by atoms with Gasteiger partial charge in [-0.3, -0.25) is 0 Å². The van der Waals surface area contributed by atoms with Crippen LogP contribution in [0.25, 0.3) is 0 Å². The molecule has 0 heterocycles. The van der Waals surface area contributed by atoms with Gasteiger partial charge < -0.3 is 5.73 Å². The van der Waals surface area contributed by atoms with Crippen molar-refractivity contribution in [2.24, 2.45) is 11.7 Å². The Morgan fingerprint density at radius 3 is 2.67 bits per heavy atom. The van der Waals surface area contributed by atoms with Crippen LogP contribution in [0.1, 0.15) is 46.5 Å². The first kappa shape index (κ1) is 9.79. The smallest absolute Gasteiger partial charge is 0.0191 e. The molecule has 1 nitrogen and oxygen atoms in total. The first-order chi connectivity index (χ1) is 5.52. The molecule has 0 aromatic rings. The molecule has 0 aliphatic heterocycles. The molecule has 0 saturated heterocycles. The number of hydrogen-bond acceptors (Lipinski definition) is 1. The van der Waals surface area contributed by atoms with Crippen molar-refractivity contribution >= 4 is 0 Å². The summed E-state index contributed by atoms with van der Waals surface area (Å²) in [5, 5.41) is 0. The molecular weight excluding hydrogens is 146 g/mol. The third kappa shape index (κ3) is 2.63. The first-order valence-corrected chi connectivity index (χ1v) is 4.94. The van der Waals surface area contributed by atoms with Crippen LogP contribution >= 0.6 is 0 Å². The second-order valence-electron chi connectivity index (χ2n) is 4.70. The number of rotatable bonds is 2. The predicted octanol–water partition coefficient (Wildman–Crippen LogP) is 2.86. The van der Waals surface area contributed by atoms with E-state index < -0.39 is 0 Å². The van der Waals surface area contributed by atoms with Crippen LogP contribution in [0.3, 0.4) is 0 Å². The lowest BCUT2D eigenvalue weighted by Crippen LogP contribution is -2.36. The Morgan fingerprint density at radius 1 is 1.58 bits per heavy atom. The van der Waals surface area contributed by atoms with Gasteiger partial charge in [0.15, 0.2) is 0 Å². The fraction of sp³-hybridized carbons (Fsp3) is 0.818. The molecule has 2 atom stereocenters. The second-order valence-corrected chi connectivity index (χ2v) is 4.70. The summed E-state index contributed by atoms with van der Waals surface area (Å²) < 4.78 is 0. The fourth-order valence-corrected chi connectivity index (χ4v) is 2.02. The average Bonchev–Trinajstić information content (AvgIpc) is 2.29. The maximum Gasteiger partial charge on any atom is 0.0191 e. The lowest BCUT2D eigenvalue weighted by molar-refractivity contribution is 0.426. The van der Waals surface area contributed by atoms with Gasteiger partial charge >= 0.3 is 0 Å². The largest absolute Gasteiger partial charge is 0.325 e. The lowest BCUT2D eigenvalue weighted by atomic mass is 9.93. The van der Waals surface area contributed by atoms with E-state index in [2.05, 4.69) is 26.8 Å². The van der Waals surface area contributed by atoms with Gasteiger partial charge in [-0.2, -0.15) is 0 Å². The highest BCUT2D eigenvalue weighted by molar-refractivity contribution is 5.02. The van der Waals surface area contributed by atoms with Crippen molar-refractivity contribution in [1.29, 1.82) is 0 Å². The van der Waals surface area contributed by atoms with Crippen molar-refractivity contribution in [2.45, 2.75) is 52.0 Å². The van der Waals surface area contributed by atoms with Gasteiger partial charge in [0.2, 0.25) is 0 Å². The van der Waals surface area contributed by atoms with E-state index in [1.165, 1.54) is 24.8 Å². The van der Waals surface area contributed by atoms with Crippen molar-refractivity contribution in [2.75, 3.05) is 0 Å². The van der Waals surface area contributed by atoms with E-state index >= 15 is 0 Å². The summed E-state index contributed by atoms with van der Waals surface area (Å²) in [4.78, 5) is 0. The van der Waals surface area contributed by atoms with Gasteiger partial charge in [-0.05, 0) is 45.4 Å². The van der Waals surface area contributed by atoms with Crippen LogP contribution in [0, 0.1) is 5.92 Å². The molecule has 12 heavy (non-hydrogen) atoms. The number of hydrogen-bond donors (Lipinski definition) is 1. The van der Waals surface area contributed by atoms with Gasteiger partial charge in [-0.15, -0.1) is 0 Å². The minimum Gasteiger partial charge on any atom is -0.325 e. The van der Waals surface area contributed by atoms with E-state index in [1.807, 2.05) is 0 Å². The molecule has 0 bridgehead atoms. The number of nitrogens with two attached hydrogens (primary N) is 1. The van der Waals surface area contributed by atoms with Crippen LogP contribution in [0.4, 0.5) is 0 Å². The molecule has 1 aliphatic carbocycles. The highest BCUT2D eigenvalue weighted by Crippen LogP contribution is 2.34. The Labute approximate surface area is 76.0 Å². The van der Waals surface area contributed by atoms with Crippen molar-refractivity contribution in [3.8, 4) is 0 Å². The first-order valence-electron chi connectivity index (χ1n) is 4.94. The third-order valence-electron chi connectivity index (χ3n) is 2.81. The zero-order valence-corrected chi connectivity index (χ0v) is 8.56. The molecule has 70 valence electrons. The number of allylic oxidation sites excluding steroid dienone is 1. The average molecular weight is 167 g/mol. The highest BCUT2D eigenvalue weighted by atomic mass is 14.8. The van der Waals surface area contributed by atoms with Crippen molar-refractivity contribution in [3.05, 3.63) is 11.6 Å². The predicted molar refractivity (Wildman–Crippen MR) is 54.0 cm³/mol. The van der Waals surface area contributed by atoms with Gasteiger partial charge in [-0.25, -0.2) is 0 Å². The molecule has 1 rings (SSSR count). The van der Waals surface area contributed by atoms with Gasteiger partial charge in [0.05, 0.1) is 0 Å².